The van der Waals surface area contributed by atoms with Gasteiger partial charge in [-0.2, -0.15) is 5.10 Å². The predicted octanol–water partition coefficient (Wildman–Crippen LogP) is 3.03. The molecule has 26 heavy (non-hydrogen) atoms. The van der Waals surface area contributed by atoms with Crippen molar-refractivity contribution >= 4 is 22.5 Å². The van der Waals surface area contributed by atoms with E-state index in [4.69, 9.17) is 0 Å². The largest absolute Gasteiger partial charge is 0.322 e. The van der Waals surface area contributed by atoms with Gasteiger partial charge < -0.3 is 10.3 Å². The molecule has 0 aliphatic heterocycles. The van der Waals surface area contributed by atoms with E-state index >= 15 is 0 Å². The van der Waals surface area contributed by atoms with E-state index in [1.807, 2.05) is 59.4 Å². The number of amides is 1. The normalized spacial score (nSPS) is 10.8. The summed E-state index contributed by atoms with van der Waals surface area (Å²) < 4.78 is 1.81. The van der Waals surface area contributed by atoms with Crippen molar-refractivity contribution < 1.29 is 4.79 Å². The number of nitrogens with zero attached hydrogens (tertiary/aromatic N) is 2. The number of para-hydroxylation sites is 1. The van der Waals surface area contributed by atoms with E-state index in [0.717, 1.165) is 5.56 Å². The minimum Gasteiger partial charge on any atom is -0.322 e. The topological polar surface area (TPSA) is 79.8 Å². The second-order valence-electron chi connectivity index (χ2n) is 5.95. The highest BCUT2D eigenvalue weighted by molar-refractivity contribution is 6.12. The van der Waals surface area contributed by atoms with Crippen molar-refractivity contribution in [3.05, 3.63) is 94.5 Å². The summed E-state index contributed by atoms with van der Waals surface area (Å²) in [5.74, 6) is -0.316. The molecule has 0 atom stereocenters. The molecule has 2 aromatic carbocycles. The first kappa shape index (κ1) is 15.8. The third-order valence-corrected chi connectivity index (χ3v) is 4.08. The van der Waals surface area contributed by atoms with Crippen molar-refractivity contribution in [2.24, 2.45) is 0 Å². The van der Waals surface area contributed by atoms with Gasteiger partial charge in [-0.05, 0) is 29.8 Å². The Morgan fingerprint density at radius 3 is 2.81 bits per heavy atom. The van der Waals surface area contributed by atoms with Crippen molar-refractivity contribution in [3.63, 3.8) is 0 Å². The molecular weight excluding hydrogens is 328 g/mol. The van der Waals surface area contributed by atoms with Crippen LogP contribution in [0.2, 0.25) is 0 Å². The van der Waals surface area contributed by atoms with Crippen molar-refractivity contribution in [3.8, 4) is 0 Å². The fourth-order valence-corrected chi connectivity index (χ4v) is 2.92. The zero-order valence-electron chi connectivity index (χ0n) is 13.8. The Morgan fingerprint density at radius 1 is 1.08 bits per heavy atom. The Kier molecular flexibility index (Phi) is 4.07. The van der Waals surface area contributed by atoms with Crippen LogP contribution in [0.4, 0.5) is 5.69 Å². The number of anilines is 1. The van der Waals surface area contributed by atoms with E-state index in [1.54, 1.807) is 12.3 Å². The Balaban J connectivity index is 1.62. The molecule has 6 heteroatoms. The summed E-state index contributed by atoms with van der Waals surface area (Å²) in [7, 11) is 0. The first-order chi connectivity index (χ1) is 12.7. The van der Waals surface area contributed by atoms with E-state index in [9.17, 15) is 9.59 Å². The van der Waals surface area contributed by atoms with Gasteiger partial charge in [-0.3, -0.25) is 14.3 Å². The van der Waals surface area contributed by atoms with E-state index in [2.05, 4.69) is 15.4 Å². The number of carbonyl (C=O) groups excluding carboxylic acids is 1. The zero-order valence-corrected chi connectivity index (χ0v) is 13.8. The Bertz CT molecular complexity index is 1130. The van der Waals surface area contributed by atoms with Crippen molar-refractivity contribution in [1.82, 2.24) is 14.8 Å². The number of rotatable bonds is 4. The quantitative estimate of drug-likeness (QED) is 0.597. The molecule has 0 spiro atoms. The van der Waals surface area contributed by atoms with Gasteiger partial charge in [-0.25, -0.2) is 0 Å². The van der Waals surface area contributed by atoms with Gasteiger partial charge in [0.2, 0.25) is 5.56 Å². The number of H-pyrrole nitrogens is 1. The summed E-state index contributed by atoms with van der Waals surface area (Å²) >= 11 is 0. The maximum atomic E-state index is 12.7. The van der Waals surface area contributed by atoms with E-state index in [-0.39, 0.29) is 11.5 Å². The number of carbonyl (C=O) groups is 1. The van der Waals surface area contributed by atoms with Gasteiger partial charge in [0.05, 0.1) is 12.1 Å². The molecule has 4 aromatic rings. The van der Waals surface area contributed by atoms with Gasteiger partial charge >= 0.3 is 0 Å². The average molecular weight is 344 g/mol. The second-order valence-corrected chi connectivity index (χ2v) is 5.95. The molecule has 0 bridgehead atoms. The van der Waals surface area contributed by atoms with Gasteiger partial charge in [-0.1, -0.05) is 30.3 Å². The maximum absolute atomic E-state index is 12.7. The van der Waals surface area contributed by atoms with Crippen LogP contribution >= 0.6 is 0 Å². The highest BCUT2D eigenvalue weighted by Crippen LogP contribution is 2.17. The van der Waals surface area contributed by atoms with Crippen molar-refractivity contribution in [2.45, 2.75) is 6.54 Å². The molecule has 0 radical (unpaired) electrons. The van der Waals surface area contributed by atoms with Gasteiger partial charge in [0, 0.05) is 35.1 Å². The molecule has 2 N–H and O–H groups in total. The van der Waals surface area contributed by atoms with Gasteiger partial charge in [0.1, 0.15) is 0 Å². The lowest BCUT2D eigenvalue weighted by Gasteiger charge is -2.09. The fourth-order valence-electron chi connectivity index (χ4n) is 2.92. The molecule has 1 amide bonds. The summed E-state index contributed by atoms with van der Waals surface area (Å²) in [6, 6.07) is 18.0. The van der Waals surface area contributed by atoms with Gasteiger partial charge in [0.25, 0.3) is 5.91 Å². The maximum Gasteiger partial charge on any atom is 0.256 e. The van der Waals surface area contributed by atoms with Crippen LogP contribution in [0, 0.1) is 0 Å². The van der Waals surface area contributed by atoms with E-state index < -0.39 is 0 Å². The molecular formula is C20H16N4O2. The van der Waals surface area contributed by atoms with E-state index in [0.29, 0.717) is 28.7 Å². The fraction of sp³-hybridized carbons (Fsp3) is 0.0500. The number of hydrogen-bond acceptors (Lipinski definition) is 3. The standard InChI is InChI=1S/C20H16N4O2/c25-19-12-17(16-7-1-2-8-18(16)23-19)20(26)22-15-6-3-5-14(11-15)13-24-10-4-9-21-24/h1-12H,13H2,(H,22,26)(H,23,25). The molecule has 0 aliphatic carbocycles. The monoisotopic (exact) mass is 344 g/mol. The molecule has 0 unspecified atom stereocenters. The number of aromatic amines is 1. The van der Waals surface area contributed by atoms with Crippen LogP contribution in [-0.2, 0) is 6.54 Å². The molecule has 0 saturated heterocycles. The van der Waals surface area contributed by atoms with Crippen molar-refractivity contribution in [2.75, 3.05) is 5.32 Å². The van der Waals surface area contributed by atoms with Gasteiger partial charge in [0.15, 0.2) is 0 Å². The lowest BCUT2D eigenvalue weighted by atomic mass is 10.1. The lowest BCUT2D eigenvalue weighted by molar-refractivity contribution is 0.102. The third-order valence-electron chi connectivity index (χ3n) is 4.08. The molecule has 0 aliphatic rings. The number of fused-ring (bicyclic) bond motifs is 1. The second kappa shape index (κ2) is 6.68. The van der Waals surface area contributed by atoms with Crippen LogP contribution in [0.1, 0.15) is 15.9 Å². The number of aromatic nitrogens is 3. The average Bonchev–Trinajstić information content (AvgIpc) is 3.14. The highest BCUT2D eigenvalue weighted by atomic mass is 16.2. The molecule has 128 valence electrons. The zero-order chi connectivity index (χ0) is 17.9. The molecule has 0 fully saturated rings. The van der Waals surface area contributed by atoms with Crippen molar-refractivity contribution in [1.29, 1.82) is 0 Å². The van der Waals surface area contributed by atoms with Gasteiger partial charge in [-0.15, -0.1) is 0 Å². The molecule has 4 rings (SSSR count). The third kappa shape index (κ3) is 3.25. The van der Waals surface area contributed by atoms with Crippen LogP contribution in [0.15, 0.2) is 77.9 Å². The minimum atomic E-state index is -0.316. The smallest absolute Gasteiger partial charge is 0.256 e. The highest BCUT2D eigenvalue weighted by Gasteiger charge is 2.12. The van der Waals surface area contributed by atoms with Crippen LogP contribution in [0.5, 0.6) is 0 Å². The van der Waals surface area contributed by atoms with E-state index in [1.165, 1.54) is 6.07 Å². The SMILES string of the molecule is O=C(Nc1cccc(Cn2cccn2)c1)c1cc(=O)[nH]c2ccccc12. The minimum absolute atomic E-state index is 0.304. The number of nitrogens with one attached hydrogen (secondary N) is 2. The number of hydrogen-bond donors (Lipinski definition) is 2. The summed E-state index contributed by atoms with van der Waals surface area (Å²) in [4.78, 5) is 27.3. The molecule has 0 saturated carbocycles. The number of pyridine rings is 1. The molecule has 2 heterocycles. The predicted molar refractivity (Wildman–Crippen MR) is 100 cm³/mol. The Labute approximate surface area is 149 Å². The first-order valence-corrected chi connectivity index (χ1v) is 8.19. The molecule has 2 aromatic heterocycles. The molecule has 6 nitrogen and oxygen atoms in total. The first-order valence-electron chi connectivity index (χ1n) is 8.19. The summed E-state index contributed by atoms with van der Waals surface area (Å²) in [5.41, 5.74) is 2.37. The Morgan fingerprint density at radius 2 is 1.96 bits per heavy atom. The summed E-state index contributed by atoms with van der Waals surface area (Å²) in [5, 5.41) is 7.77. The van der Waals surface area contributed by atoms with Crippen LogP contribution in [-0.4, -0.2) is 20.7 Å². The summed E-state index contributed by atoms with van der Waals surface area (Å²) in [6.07, 6.45) is 3.61. The van der Waals surface area contributed by atoms with Crippen LogP contribution in [0.3, 0.4) is 0 Å². The van der Waals surface area contributed by atoms with Crippen LogP contribution < -0.4 is 10.9 Å². The number of benzene rings is 2. The Hall–Kier alpha value is -3.67. The van der Waals surface area contributed by atoms with Crippen LogP contribution in [0.25, 0.3) is 10.9 Å². The lowest BCUT2D eigenvalue weighted by Crippen LogP contribution is -2.17. The summed E-state index contributed by atoms with van der Waals surface area (Å²) in [6.45, 7) is 0.616.